The number of nitrogens with two attached hydrogens (primary N) is 1. The first-order valence-corrected chi connectivity index (χ1v) is 5.96. The van der Waals surface area contributed by atoms with Gasteiger partial charge in [-0.1, -0.05) is 6.92 Å². The van der Waals surface area contributed by atoms with E-state index in [0.717, 1.165) is 16.8 Å². The number of anilines is 2. The van der Waals surface area contributed by atoms with E-state index in [1.54, 1.807) is 0 Å². The van der Waals surface area contributed by atoms with Gasteiger partial charge in [0.2, 0.25) is 0 Å². The largest absolute Gasteiger partial charge is 0.383 e. The first-order valence-electron chi connectivity index (χ1n) is 5.17. The fraction of sp³-hybridized carbons (Fsp3) is 0.600. The predicted octanol–water partition coefficient (Wildman–Crippen LogP) is 2.42. The van der Waals surface area contributed by atoms with Crippen LogP contribution in [0.1, 0.15) is 26.2 Å². The van der Waals surface area contributed by atoms with E-state index >= 15 is 0 Å². The lowest BCUT2D eigenvalue weighted by Gasteiger charge is -2.14. The Labute approximate surface area is 97.8 Å². The fourth-order valence-electron chi connectivity index (χ4n) is 1.61. The van der Waals surface area contributed by atoms with E-state index in [9.17, 15) is 0 Å². The van der Waals surface area contributed by atoms with Crippen LogP contribution < -0.4 is 11.1 Å². The summed E-state index contributed by atoms with van der Waals surface area (Å²) < 4.78 is 0.761. The van der Waals surface area contributed by atoms with Crippen molar-refractivity contribution in [1.82, 2.24) is 9.97 Å². The van der Waals surface area contributed by atoms with E-state index in [2.05, 4.69) is 38.1 Å². The Bertz CT molecular complexity index is 362. The van der Waals surface area contributed by atoms with Crippen LogP contribution in [0.5, 0.6) is 0 Å². The van der Waals surface area contributed by atoms with Gasteiger partial charge in [-0.05, 0) is 40.6 Å². The molecule has 15 heavy (non-hydrogen) atoms. The molecule has 0 unspecified atom stereocenters. The molecule has 1 aliphatic carbocycles. The normalized spacial score (nSPS) is 17.5. The molecule has 1 aromatic heterocycles. The van der Waals surface area contributed by atoms with Crippen LogP contribution in [0.2, 0.25) is 0 Å². The highest BCUT2D eigenvalue weighted by Crippen LogP contribution is 2.48. The minimum absolute atomic E-state index is 0.480. The SMILES string of the molecule is CCC1(CNc2ncnc(N)c2Br)CC1. The molecule has 0 radical (unpaired) electrons. The molecule has 0 atom stereocenters. The van der Waals surface area contributed by atoms with Gasteiger partial charge >= 0.3 is 0 Å². The first kappa shape index (κ1) is 10.7. The second kappa shape index (κ2) is 3.96. The number of nitrogens with one attached hydrogen (secondary N) is 1. The van der Waals surface area contributed by atoms with Crippen LogP contribution in [0.25, 0.3) is 0 Å². The number of halogens is 1. The third-order valence-electron chi connectivity index (χ3n) is 3.15. The molecular formula is C10H15BrN4. The molecule has 5 heteroatoms. The van der Waals surface area contributed by atoms with E-state index in [0.29, 0.717) is 11.2 Å². The summed E-state index contributed by atoms with van der Waals surface area (Å²) in [7, 11) is 0. The smallest absolute Gasteiger partial charge is 0.145 e. The number of hydrogen-bond donors (Lipinski definition) is 2. The number of nitrogens with zero attached hydrogens (tertiary/aromatic N) is 2. The van der Waals surface area contributed by atoms with Gasteiger partial charge in [0.1, 0.15) is 22.4 Å². The van der Waals surface area contributed by atoms with Gasteiger partial charge in [-0.3, -0.25) is 0 Å². The number of rotatable bonds is 4. The number of aromatic nitrogens is 2. The standard InChI is InChI=1S/C10H15BrN4/c1-2-10(3-4-10)5-13-9-7(11)8(12)14-6-15-9/h6H,2-5H2,1H3,(H3,12,13,14,15). The van der Waals surface area contributed by atoms with Crippen molar-refractivity contribution in [3.63, 3.8) is 0 Å². The molecule has 0 spiro atoms. The van der Waals surface area contributed by atoms with Crippen LogP contribution in [-0.2, 0) is 0 Å². The molecule has 4 nitrogen and oxygen atoms in total. The zero-order valence-electron chi connectivity index (χ0n) is 8.76. The average molecular weight is 271 g/mol. The van der Waals surface area contributed by atoms with Gasteiger partial charge in [0.05, 0.1) is 0 Å². The zero-order valence-corrected chi connectivity index (χ0v) is 10.3. The van der Waals surface area contributed by atoms with Crippen molar-refractivity contribution in [1.29, 1.82) is 0 Å². The van der Waals surface area contributed by atoms with Crippen molar-refractivity contribution >= 4 is 27.6 Å². The molecule has 1 aromatic rings. The van der Waals surface area contributed by atoms with E-state index in [1.807, 2.05) is 0 Å². The van der Waals surface area contributed by atoms with E-state index < -0.39 is 0 Å². The lowest BCUT2D eigenvalue weighted by Crippen LogP contribution is -2.15. The van der Waals surface area contributed by atoms with Crippen LogP contribution in [0, 0.1) is 5.41 Å². The predicted molar refractivity (Wildman–Crippen MR) is 64.6 cm³/mol. The van der Waals surface area contributed by atoms with Crippen LogP contribution in [0.3, 0.4) is 0 Å². The van der Waals surface area contributed by atoms with E-state index in [4.69, 9.17) is 5.73 Å². The van der Waals surface area contributed by atoms with Crippen LogP contribution in [0.15, 0.2) is 10.8 Å². The minimum atomic E-state index is 0.480. The summed E-state index contributed by atoms with van der Waals surface area (Å²) in [5.41, 5.74) is 6.17. The molecule has 3 N–H and O–H groups in total. The second-order valence-corrected chi connectivity index (χ2v) is 4.92. The molecular weight excluding hydrogens is 256 g/mol. The van der Waals surface area contributed by atoms with Crippen LogP contribution >= 0.6 is 15.9 Å². The Kier molecular flexibility index (Phi) is 2.82. The van der Waals surface area contributed by atoms with Gasteiger partial charge in [-0.25, -0.2) is 9.97 Å². The Morgan fingerprint density at radius 2 is 2.27 bits per heavy atom. The first-order chi connectivity index (χ1) is 7.17. The molecule has 2 rings (SSSR count). The third kappa shape index (κ3) is 2.22. The van der Waals surface area contributed by atoms with Crippen molar-refractivity contribution < 1.29 is 0 Å². The van der Waals surface area contributed by atoms with Gasteiger partial charge in [0, 0.05) is 6.54 Å². The molecule has 1 aliphatic rings. The van der Waals surface area contributed by atoms with Gasteiger partial charge in [-0.15, -0.1) is 0 Å². The Morgan fingerprint density at radius 3 is 2.87 bits per heavy atom. The van der Waals surface area contributed by atoms with E-state index in [1.165, 1.54) is 25.6 Å². The van der Waals surface area contributed by atoms with Gasteiger partial charge in [0.25, 0.3) is 0 Å². The highest BCUT2D eigenvalue weighted by atomic mass is 79.9. The maximum atomic E-state index is 5.67. The summed E-state index contributed by atoms with van der Waals surface area (Å²) in [5, 5.41) is 3.33. The van der Waals surface area contributed by atoms with Crippen molar-refractivity contribution in [2.45, 2.75) is 26.2 Å². The average Bonchev–Trinajstić information content (AvgIpc) is 3.01. The van der Waals surface area contributed by atoms with Crippen molar-refractivity contribution in [3.05, 3.63) is 10.8 Å². The fourth-order valence-corrected chi connectivity index (χ4v) is 1.95. The van der Waals surface area contributed by atoms with Gasteiger partial charge in [-0.2, -0.15) is 0 Å². The summed E-state index contributed by atoms with van der Waals surface area (Å²) >= 11 is 3.38. The topological polar surface area (TPSA) is 63.8 Å². The van der Waals surface area contributed by atoms with Crippen LogP contribution in [0.4, 0.5) is 11.6 Å². The minimum Gasteiger partial charge on any atom is -0.383 e. The summed E-state index contributed by atoms with van der Waals surface area (Å²) in [6, 6.07) is 0. The van der Waals surface area contributed by atoms with Gasteiger partial charge < -0.3 is 11.1 Å². The molecule has 0 aromatic carbocycles. The molecule has 82 valence electrons. The third-order valence-corrected chi connectivity index (χ3v) is 3.94. The Morgan fingerprint density at radius 1 is 1.53 bits per heavy atom. The summed E-state index contributed by atoms with van der Waals surface area (Å²) in [6.07, 6.45) is 5.33. The highest BCUT2D eigenvalue weighted by Gasteiger charge is 2.40. The quantitative estimate of drug-likeness (QED) is 0.882. The molecule has 1 saturated carbocycles. The number of hydrogen-bond acceptors (Lipinski definition) is 4. The molecule has 1 heterocycles. The second-order valence-electron chi connectivity index (χ2n) is 4.13. The maximum Gasteiger partial charge on any atom is 0.145 e. The Balaban J connectivity index is 2.02. The van der Waals surface area contributed by atoms with Crippen molar-refractivity contribution in [2.75, 3.05) is 17.6 Å². The summed E-state index contributed by atoms with van der Waals surface area (Å²) in [6.45, 7) is 3.20. The molecule has 0 amide bonds. The van der Waals surface area contributed by atoms with Crippen LogP contribution in [-0.4, -0.2) is 16.5 Å². The molecule has 1 fully saturated rings. The molecule has 0 saturated heterocycles. The van der Waals surface area contributed by atoms with Crippen molar-refractivity contribution in [3.8, 4) is 0 Å². The number of nitrogen functional groups attached to an aromatic ring is 1. The monoisotopic (exact) mass is 270 g/mol. The highest BCUT2D eigenvalue weighted by molar-refractivity contribution is 9.10. The van der Waals surface area contributed by atoms with Gasteiger partial charge in [0.15, 0.2) is 0 Å². The van der Waals surface area contributed by atoms with E-state index in [-0.39, 0.29) is 0 Å². The summed E-state index contributed by atoms with van der Waals surface area (Å²) in [5.74, 6) is 1.27. The van der Waals surface area contributed by atoms with Crippen molar-refractivity contribution in [2.24, 2.45) is 5.41 Å². The molecule has 0 bridgehead atoms. The molecule has 0 aliphatic heterocycles. The summed E-state index contributed by atoms with van der Waals surface area (Å²) in [4.78, 5) is 8.05. The zero-order chi connectivity index (χ0) is 10.9. The maximum absolute atomic E-state index is 5.67. The lowest BCUT2D eigenvalue weighted by atomic mass is 10.0. The Hall–Kier alpha value is -0.840. The lowest BCUT2D eigenvalue weighted by molar-refractivity contribution is 0.520.